The van der Waals surface area contributed by atoms with Crippen molar-refractivity contribution < 1.29 is 4.21 Å². The number of aromatic nitrogens is 1. The average molecular weight is 267 g/mol. The average Bonchev–Trinajstić information content (AvgIpc) is 2.30. The van der Waals surface area contributed by atoms with E-state index in [0.717, 1.165) is 5.56 Å². The fourth-order valence-corrected chi connectivity index (χ4v) is 3.15. The van der Waals surface area contributed by atoms with Crippen LogP contribution in [0.25, 0.3) is 0 Å². The van der Waals surface area contributed by atoms with E-state index in [2.05, 4.69) is 4.98 Å². The molecule has 0 fully saturated rings. The standard InChI is InChI=1S/C12H11ClN2OS/c13-10-4-1-5-11(14)12(10)17(16)8-9-3-2-6-15-7-9/h1-7H,8,14H2. The van der Waals surface area contributed by atoms with Crippen molar-refractivity contribution in [2.45, 2.75) is 10.6 Å². The van der Waals surface area contributed by atoms with Gasteiger partial charge in [-0.3, -0.25) is 9.19 Å². The highest BCUT2D eigenvalue weighted by atomic mass is 35.5. The highest BCUT2D eigenvalue weighted by Crippen LogP contribution is 2.27. The smallest absolute Gasteiger partial charge is 0.0806 e. The zero-order valence-electron chi connectivity index (χ0n) is 8.97. The van der Waals surface area contributed by atoms with Crippen LogP contribution < -0.4 is 5.73 Å². The number of pyridine rings is 1. The van der Waals surface area contributed by atoms with E-state index < -0.39 is 10.8 Å². The minimum Gasteiger partial charge on any atom is -0.398 e. The van der Waals surface area contributed by atoms with Gasteiger partial charge in [0.2, 0.25) is 0 Å². The summed E-state index contributed by atoms with van der Waals surface area (Å²) in [5, 5.41) is 0.437. The van der Waals surface area contributed by atoms with Crippen molar-refractivity contribution in [3.05, 3.63) is 53.3 Å². The number of benzene rings is 1. The zero-order chi connectivity index (χ0) is 12.3. The second kappa shape index (κ2) is 5.29. The topological polar surface area (TPSA) is 56.0 Å². The lowest BCUT2D eigenvalue weighted by Crippen LogP contribution is -2.01. The van der Waals surface area contributed by atoms with Gasteiger partial charge in [-0.05, 0) is 23.8 Å². The van der Waals surface area contributed by atoms with Crippen LogP contribution >= 0.6 is 11.6 Å². The minimum atomic E-state index is -1.25. The summed E-state index contributed by atoms with van der Waals surface area (Å²) < 4.78 is 12.2. The van der Waals surface area contributed by atoms with Crippen molar-refractivity contribution in [3.63, 3.8) is 0 Å². The summed E-state index contributed by atoms with van der Waals surface area (Å²) in [7, 11) is -1.25. The maximum Gasteiger partial charge on any atom is 0.0806 e. The van der Waals surface area contributed by atoms with Gasteiger partial charge in [0.25, 0.3) is 0 Å². The Labute approximate surface area is 107 Å². The van der Waals surface area contributed by atoms with Gasteiger partial charge >= 0.3 is 0 Å². The van der Waals surface area contributed by atoms with Crippen molar-refractivity contribution in [2.24, 2.45) is 0 Å². The van der Waals surface area contributed by atoms with E-state index in [1.807, 2.05) is 12.1 Å². The Hall–Kier alpha value is -1.39. The number of halogens is 1. The van der Waals surface area contributed by atoms with Gasteiger partial charge in [-0.1, -0.05) is 23.7 Å². The molecule has 1 atom stereocenters. The lowest BCUT2D eigenvalue weighted by Gasteiger charge is -2.07. The highest BCUT2D eigenvalue weighted by Gasteiger charge is 2.12. The molecule has 2 aromatic rings. The first kappa shape index (κ1) is 12.1. The molecule has 5 heteroatoms. The maximum absolute atomic E-state index is 12.2. The van der Waals surface area contributed by atoms with Crippen molar-refractivity contribution >= 4 is 28.1 Å². The third kappa shape index (κ3) is 2.84. The molecule has 0 bridgehead atoms. The van der Waals surface area contributed by atoms with Gasteiger partial charge in [0, 0.05) is 18.1 Å². The molecular formula is C12H11ClN2OS. The predicted molar refractivity (Wildman–Crippen MR) is 70.2 cm³/mol. The van der Waals surface area contributed by atoms with E-state index in [1.54, 1.807) is 30.6 Å². The predicted octanol–water partition coefficient (Wildman–Crippen LogP) is 2.63. The normalized spacial score (nSPS) is 12.3. The van der Waals surface area contributed by atoms with Crippen LogP contribution in [0.5, 0.6) is 0 Å². The lowest BCUT2D eigenvalue weighted by atomic mass is 10.3. The molecule has 88 valence electrons. The van der Waals surface area contributed by atoms with E-state index in [-0.39, 0.29) is 0 Å². The molecule has 0 saturated heterocycles. The Morgan fingerprint density at radius 3 is 2.76 bits per heavy atom. The van der Waals surface area contributed by atoms with Crippen LogP contribution in [0, 0.1) is 0 Å². The van der Waals surface area contributed by atoms with Gasteiger partial charge in [0.1, 0.15) is 0 Å². The Morgan fingerprint density at radius 2 is 2.12 bits per heavy atom. The third-order valence-corrected chi connectivity index (χ3v) is 4.18. The SMILES string of the molecule is Nc1cccc(Cl)c1S(=O)Cc1cccnc1. The van der Waals surface area contributed by atoms with E-state index in [4.69, 9.17) is 17.3 Å². The summed E-state index contributed by atoms with van der Waals surface area (Å²) in [5.41, 5.74) is 7.13. The molecule has 2 N–H and O–H groups in total. The molecule has 1 unspecified atom stereocenters. The Balaban J connectivity index is 2.27. The molecule has 0 radical (unpaired) electrons. The number of hydrogen-bond acceptors (Lipinski definition) is 3. The zero-order valence-corrected chi connectivity index (χ0v) is 10.5. The van der Waals surface area contributed by atoms with Gasteiger partial charge in [0.05, 0.1) is 26.5 Å². The summed E-state index contributed by atoms with van der Waals surface area (Å²) in [6.45, 7) is 0. The van der Waals surface area contributed by atoms with E-state index in [1.165, 1.54) is 0 Å². The molecule has 2 rings (SSSR count). The van der Waals surface area contributed by atoms with Crippen molar-refractivity contribution in [1.82, 2.24) is 4.98 Å². The molecule has 1 aromatic carbocycles. The largest absolute Gasteiger partial charge is 0.398 e. The monoisotopic (exact) mass is 266 g/mol. The van der Waals surface area contributed by atoms with Crippen LogP contribution in [0.1, 0.15) is 5.56 Å². The van der Waals surface area contributed by atoms with Gasteiger partial charge in [-0.15, -0.1) is 0 Å². The van der Waals surface area contributed by atoms with Gasteiger partial charge in [0.15, 0.2) is 0 Å². The Kier molecular flexibility index (Phi) is 3.76. The summed E-state index contributed by atoms with van der Waals surface area (Å²) in [5.74, 6) is 0.363. The fraction of sp³-hybridized carbons (Fsp3) is 0.0833. The Morgan fingerprint density at radius 1 is 1.29 bits per heavy atom. The van der Waals surface area contributed by atoms with E-state index in [0.29, 0.717) is 21.4 Å². The second-order valence-corrected chi connectivity index (χ2v) is 5.30. The molecule has 3 nitrogen and oxygen atoms in total. The summed E-state index contributed by atoms with van der Waals surface area (Å²) in [6.07, 6.45) is 3.36. The quantitative estimate of drug-likeness (QED) is 0.869. The molecular weight excluding hydrogens is 256 g/mol. The highest BCUT2D eigenvalue weighted by molar-refractivity contribution is 7.84. The first-order valence-electron chi connectivity index (χ1n) is 5.00. The third-order valence-electron chi connectivity index (χ3n) is 2.25. The summed E-state index contributed by atoms with van der Waals surface area (Å²) in [6, 6.07) is 8.81. The molecule has 0 spiro atoms. The molecule has 17 heavy (non-hydrogen) atoms. The fourth-order valence-electron chi connectivity index (χ4n) is 1.47. The van der Waals surface area contributed by atoms with Crippen molar-refractivity contribution in [1.29, 1.82) is 0 Å². The first-order valence-corrected chi connectivity index (χ1v) is 6.69. The van der Waals surface area contributed by atoms with Gasteiger partial charge < -0.3 is 5.73 Å². The van der Waals surface area contributed by atoms with Crippen LogP contribution in [0.4, 0.5) is 5.69 Å². The Bertz CT molecular complexity index is 525. The molecule has 0 aliphatic heterocycles. The van der Waals surface area contributed by atoms with Crippen LogP contribution in [0.15, 0.2) is 47.6 Å². The van der Waals surface area contributed by atoms with Crippen LogP contribution in [0.3, 0.4) is 0 Å². The van der Waals surface area contributed by atoms with E-state index >= 15 is 0 Å². The summed E-state index contributed by atoms with van der Waals surface area (Å²) in [4.78, 5) is 4.48. The number of anilines is 1. The second-order valence-electron chi connectivity index (χ2n) is 3.51. The molecule has 0 aliphatic rings. The van der Waals surface area contributed by atoms with Crippen LogP contribution in [-0.4, -0.2) is 9.19 Å². The van der Waals surface area contributed by atoms with E-state index in [9.17, 15) is 4.21 Å². The number of rotatable bonds is 3. The molecule has 1 aromatic heterocycles. The first-order chi connectivity index (χ1) is 8.18. The minimum absolute atomic E-state index is 0.363. The summed E-state index contributed by atoms with van der Waals surface area (Å²) >= 11 is 6.00. The maximum atomic E-state index is 12.2. The number of hydrogen-bond donors (Lipinski definition) is 1. The van der Waals surface area contributed by atoms with Crippen LogP contribution in [0.2, 0.25) is 5.02 Å². The van der Waals surface area contributed by atoms with Gasteiger partial charge in [-0.25, -0.2) is 0 Å². The van der Waals surface area contributed by atoms with Crippen LogP contribution in [-0.2, 0) is 16.6 Å². The lowest BCUT2D eigenvalue weighted by molar-refractivity contribution is 0.683. The molecule has 1 heterocycles. The number of nitrogens with zero attached hydrogens (tertiary/aromatic N) is 1. The molecule has 0 saturated carbocycles. The molecule has 0 amide bonds. The van der Waals surface area contributed by atoms with Gasteiger partial charge in [-0.2, -0.15) is 0 Å². The van der Waals surface area contributed by atoms with Crippen molar-refractivity contribution in [3.8, 4) is 0 Å². The molecule has 0 aliphatic carbocycles. The number of nitrogen functional groups attached to an aromatic ring is 1. The number of nitrogens with two attached hydrogens (primary N) is 1. The van der Waals surface area contributed by atoms with Crippen molar-refractivity contribution in [2.75, 3.05) is 5.73 Å².